The molecule has 0 fully saturated rings. The van der Waals surface area contributed by atoms with Crippen LogP contribution < -0.4 is 5.32 Å². The monoisotopic (exact) mass is 352 g/mol. The smallest absolute Gasteiger partial charge is 0.271 e. The molecule has 0 bridgehead atoms. The molecule has 0 aliphatic rings. The minimum Gasteiger partial charge on any atom is -0.377 e. The second kappa shape index (κ2) is 6.67. The SMILES string of the molecule is CCC(Nc1cc([N+](=O)[O-])ccc1Br)c1ccc(F)cc1. The molecule has 110 valence electrons. The molecule has 0 aliphatic carbocycles. The third-order valence-corrected chi connectivity index (χ3v) is 3.86. The lowest BCUT2D eigenvalue weighted by Crippen LogP contribution is -2.10. The number of benzene rings is 2. The van der Waals surface area contributed by atoms with Crippen molar-refractivity contribution < 1.29 is 9.31 Å². The Balaban J connectivity index is 2.28. The molecule has 0 heterocycles. The van der Waals surface area contributed by atoms with Crippen molar-refractivity contribution in [2.75, 3.05) is 5.32 Å². The average molecular weight is 353 g/mol. The molecule has 0 saturated carbocycles. The number of non-ortho nitro benzene ring substituents is 1. The average Bonchev–Trinajstić information content (AvgIpc) is 2.47. The van der Waals surface area contributed by atoms with E-state index in [2.05, 4.69) is 21.2 Å². The Morgan fingerprint density at radius 1 is 1.29 bits per heavy atom. The highest BCUT2D eigenvalue weighted by Crippen LogP contribution is 2.31. The predicted octanol–water partition coefficient (Wildman–Crippen LogP) is 5.06. The van der Waals surface area contributed by atoms with E-state index in [-0.39, 0.29) is 17.5 Å². The van der Waals surface area contributed by atoms with Crippen LogP contribution in [-0.4, -0.2) is 4.92 Å². The first-order valence-corrected chi connectivity index (χ1v) is 7.26. The first-order valence-electron chi connectivity index (χ1n) is 6.47. The van der Waals surface area contributed by atoms with Gasteiger partial charge in [0.1, 0.15) is 5.82 Å². The zero-order valence-electron chi connectivity index (χ0n) is 11.3. The number of nitrogens with one attached hydrogen (secondary N) is 1. The van der Waals surface area contributed by atoms with Crippen LogP contribution >= 0.6 is 15.9 Å². The van der Waals surface area contributed by atoms with Crippen LogP contribution in [0, 0.1) is 15.9 Å². The van der Waals surface area contributed by atoms with Crippen LogP contribution in [-0.2, 0) is 0 Å². The van der Waals surface area contributed by atoms with Crippen molar-refractivity contribution in [3.05, 3.63) is 68.4 Å². The first kappa shape index (κ1) is 15.4. The fraction of sp³-hybridized carbons (Fsp3) is 0.200. The van der Waals surface area contributed by atoms with Crippen molar-refractivity contribution in [3.8, 4) is 0 Å². The fourth-order valence-corrected chi connectivity index (χ4v) is 2.40. The summed E-state index contributed by atoms with van der Waals surface area (Å²) < 4.78 is 13.7. The van der Waals surface area contributed by atoms with Crippen molar-refractivity contribution in [2.24, 2.45) is 0 Å². The van der Waals surface area contributed by atoms with Gasteiger partial charge in [-0.15, -0.1) is 0 Å². The summed E-state index contributed by atoms with van der Waals surface area (Å²) in [6.45, 7) is 1.99. The Labute approximate surface area is 130 Å². The number of hydrogen-bond acceptors (Lipinski definition) is 3. The van der Waals surface area contributed by atoms with Gasteiger partial charge in [0.05, 0.1) is 16.7 Å². The lowest BCUT2D eigenvalue weighted by molar-refractivity contribution is -0.384. The molecule has 6 heteroatoms. The quantitative estimate of drug-likeness (QED) is 0.604. The van der Waals surface area contributed by atoms with E-state index in [0.29, 0.717) is 5.69 Å². The zero-order chi connectivity index (χ0) is 15.4. The Bertz CT molecular complexity index is 647. The summed E-state index contributed by atoms with van der Waals surface area (Å²) in [5.41, 5.74) is 1.59. The maximum Gasteiger partial charge on any atom is 0.271 e. The normalized spacial score (nSPS) is 12.0. The Morgan fingerprint density at radius 3 is 2.52 bits per heavy atom. The Hall–Kier alpha value is -1.95. The molecule has 1 N–H and O–H groups in total. The molecule has 1 atom stereocenters. The number of anilines is 1. The second-order valence-corrected chi connectivity index (χ2v) is 5.43. The van der Waals surface area contributed by atoms with E-state index in [0.717, 1.165) is 16.5 Å². The number of hydrogen-bond donors (Lipinski definition) is 1. The molecule has 2 aromatic carbocycles. The van der Waals surface area contributed by atoms with Crippen molar-refractivity contribution >= 4 is 27.3 Å². The van der Waals surface area contributed by atoms with Gasteiger partial charge in [-0.1, -0.05) is 19.1 Å². The topological polar surface area (TPSA) is 55.2 Å². The molecule has 0 amide bonds. The summed E-state index contributed by atoms with van der Waals surface area (Å²) in [5, 5.41) is 14.1. The number of nitro groups is 1. The Morgan fingerprint density at radius 2 is 1.95 bits per heavy atom. The first-order chi connectivity index (χ1) is 10.0. The number of halogens is 2. The highest BCUT2D eigenvalue weighted by Gasteiger charge is 2.14. The van der Waals surface area contributed by atoms with Gasteiger partial charge in [0.2, 0.25) is 0 Å². The number of nitrogens with zero attached hydrogens (tertiary/aromatic N) is 1. The van der Waals surface area contributed by atoms with Crippen LogP contribution in [0.25, 0.3) is 0 Å². The van der Waals surface area contributed by atoms with Crippen molar-refractivity contribution in [2.45, 2.75) is 19.4 Å². The van der Waals surface area contributed by atoms with Crippen molar-refractivity contribution in [1.29, 1.82) is 0 Å². The molecule has 4 nitrogen and oxygen atoms in total. The summed E-state index contributed by atoms with van der Waals surface area (Å²) >= 11 is 3.38. The van der Waals surface area contributed by atoms with E-state index < -0.39 is 4.92 Å². The van der Waals surface area contributed by atoms with E-state index >= 15 is 0 Å². The van der Waals surface area contributed by atoms with Crippen LogP contribution in [0.3, 0.4) is 0 Å². The minimum atomic E-state index is -0.434. The maximum atomic E-state index is 13.0. The van der Waals surface area contributed by atoms with Crippen molar-refractivity contribution in [1.82, 2.24) is 0 Å². The van der Waals surface area contributed by atoms with Crippen LogP contribution in [0.1, 0.15) is 24.9 Å². The standard InChI is InChI=1S/C15H14BrFN2O2/c1-2-14(10-3-5-11(17)6-4-10)18-15-9-12(19(20)21)7-8-13(15)16/h3-9,14,18H,2H2,1H3. The lowest BCUT2D eigenvalue weighted by Gasteiger charge is -2.19. The Kier molecular flexibility index (Phi) is 4.90. The molecule has 0 aliphatic heterocycles. The van der Waals surface area contributed by atoms with Crippen LogP contribution in [0.2, 0.25) is 0 Å². The van der Waals surface area contributed by atoms with E-state index in [1.807, 2.05) is 6.92 Å². The molecule has 2 aromatic rings. The number of rotatable bonds is 5. The van der Waals surface area contributed by atoms with Crippen LogP contribution in [0.5, 0.6) is 0 Å². The molecule has 2 rings (SSSR count). The summed E-state index contributed by atoms with van der Waals surface area (Å²) in [4.78, 5) is 10.4. The maximum absolute atomic E-state index is 13.0. The van der Waals surface area contributed by atoms with Crippen LogP contribution in [0.15, 0.2) is 46.9 Å². The van der Waals surface area contributed by atoms with E-state index in [1.54, 1.807) is 18.2 Å². The van der Waals surface area contributed by atoms with Gasteiger partial charge >= 0.3 is 0 Å². The molecule has 0 saturated heterocycles. The molecule has 1 unspecified atom stereocenters. The van der Waals surface area contributed by atoms with Gasteiger partial charge in [-0.2, -0.15) is 0 Å². The van der Waals surface area contributed by atoms with Crippen molar-refractivity contribution in [3.63, 3.8) is 0 Å². The van der Waals surface area contributed by atoms with Gasteiger partial charge in [-0.3, -0.25) is 10.1 Å². The van der Waals surface area contributed by atoms with Gasteiger partial charge in [0.25, 0.3) is 5.69 Å². The molecule has 21 heavy (non-hydrogen) atoms. The minimum absolute atomic E-state index is 0.0228. The van der Waals surface area contributed by atoms with Gasteiger partial charge in [0, 0.05) is 16.6 Å². The third kappa shape index (κ3) is 3.78. The lowest BCUT2D eigenvalue weighted by atomic mass is 10.0. The van der Waals surface area contributed by atoms with Gasteiger partial charge < -0.3 is 5.32 Å². The summed E-state index contributed by atoms with van der Waals surface area (Å²) in [5.74, 6) is -0.287. The molecular formula is C15H14BrFN2O2. The summed E-state index contributed by atoms with van der Waals surface area (Å²) in [6, 6.07) is 10.7. The van der Waals surface area contributed by atoms with E-state index in [9.17, 15) is 14.5 Å². The second-order valence-electron chi connectivity index (χ2n) is 4.58. The zero-order valence-corrected chi connectivity index (χ0v) is 12.9. The molecule has 0 spiro atoms. The molecular weight excluding hydrogens is 339 g/mol. The van der Waals surface area contributed by atoms with Crippen LogP contribution in [0.4, 0.5) is 15.8 Å². The predicted molar refractivity (Wildman–Crippen MR) is 83.9 cm³/mol. The molecule has 0 aromatic heterocycles. The van der Waals surface area contributed by atoms with Gasteiger partial charge in [-0.05, 0) is 46.1 Å². The van der Waals surface area contributed by atoms with Gasteiger partial charge in [0.15, 0.2) is 0 Å². The highest BCUT2D eigenvalue weighted by molar-refractivity contribution is 9.10. The van der Waals surface area contributed by atoms with Gasteiger partial charge in [-0.25, -0.2) is 4.39 Å². The van der Waals surface area contributed by atoms with E-state index in [4.69, 9.17) is 0 Å². The number of nitro benzene ring substituents is 1. The fourth-order valence-electron chi connectivity index (χ4n) is 2.04. The molecule has 0 radical (unpaired) electrons. The largest absolute Gasteiger partial charge is 0.377 e. The summed E-state index contributed by atoms with van der Waals surface area (Å²) in [7, 11) is 0. The summed E-state index contributed by atoms with van der Waals surface area (Å²) in [6.07, 6.45) is 0.765. The highest BCUT2D eigenvalue weighted by atomic mass is 79.9. The van der Waals surface area contributed by atoms with E-state index in [1.165, 1.54) is 24.3 Å². The third-order valence-electron chi connectivity index (χ3n) is 3.17.